The quantitative estimate of drug-likeness (QED) is 0.318. The molecular weight excluding hydrogens is 383 g/mol. The molecule has 0 spiro atoms. The van der Waals surface area contributed by atoms with Gasteiger partial charge in [-0.05, 0) is 23.9 Å². The normalized spacial score (nSPS) is 11.3. The zero-order valence-electron chi connectivity index (χ0n) is 19.5. The van der Waals surface area contributed by atoms with Crippen molar-refractivity contribution in [3.63, 3.8) is 0 Å². The summed E-state index contributed by atoms with van der Waals surface area (Å²) in [6, 6.07) is 10.0. The molecule has 0 aliphatic rings. The number of aromatic amines is 1. The number of benzene rings is 1. The molecule has 0 saturated heterocycles. The van der Waals surface area contributed by atoms with E-state index in [0.29, 0.717) is 12.1 Å². The summed E-state index contributed by atoms with van der Waals surface area (Å²) in [4.78, 5) is 27.7. The molecule has 0 saturated carbocycles. The van der Waals surface area contributed by atoms with Crippen LogP contribution in [-0.2, 0) is 6.42 Å². The van der Waals surface area contributed by atoms with Crippen LogP contribution in [0.5, 0.6) is 0 Å². The van der Waals surface area contributed by atoms with Crippen LogP contribution in [0.4, 0.5) is 0 Å². The number of aromatic nitrogens is 2. The van der Waals surface area contributed by atoms with E-state index in [4.69, 9.17) is 7.85 Å². The molecule has 1 N–H and O–H groups in total. The SMILES string of the molecule is [B]c1c(Cc2ccccc2)n(C(CCCCCCC)CCCCCCC)c(=O)[nH]c1=O. The van der Waals surface area contributed by atoms with Gasteiger partial charge in [0.2, 0.25) is 5.56 Å². The molecule has 0 bridgehead atoms. The van der Waals surface area contributed by atoms with Crippen molar-refractivity contribution in [1.29, 1.82) is 0 Å². The predicted octanol–water partition coefficient (Wildman–Crippen LogP) is 5.18. The highest BCUT2D eigenvalue weighted by molar-refractivity contribution is 6.32. The van der Waals surface area contributed by atoms with Gasteiger partial charge in [-0.25, -0.2) is 4.79 Å². The van der Waals surface area contributed by atoms with Crippen molar-refractivity contribution >= 4 is 13.3 Å². The smallest absolute Gasteiger partial charge is 0.295 e. The van der Waals surface area contributed by atoms with Gasteiger partial charge in [-0.1, -0.05) is 108 Å². The maximum absolute atomic E-state index is 13.0. The zero-order valence-corrected chi connectivity index (χ0v) is 19.5. The second-order valence-corrected chi connectivity index (χ2v) is 8.71. The van der Waals surface area contributed by atoms with Gasteiger partial charge in [0.1, 0.15) is 7.85 Å². The third kappa shape index (κ3) is 8.19. The van der Waals surface area contributed by atoms with Crippen LogP contribution in [0.25, 0.3) is 0 Å². The lowest BCUT2D eigenvalue weighted by atomic mass is 9.91. The molecule has 0 unspecified atom stereocenters. The molecule has 1 aromatic heterocycles. The van der Waals surface area contributed by atoms with Gasteiger partial charge in [0.15, 0.2) is 0 Å². The van der Waals surface area contributed by atoms with E-state index in [0.717, 1.165) is 31.2 Å². The Balaban J connectivity index is 2.29. The van der Waals surface area contributed by atoms with E-state index in [1.807, 2.05) is 34.9 Å². The van der Waals surface area contributed by atoms with Crippen molar-refractivity contribution in [2.24, 2.45) is 0 Å². The van der Waals surface area contributed by atoms with Crippen molar-refractivity contribution in [1.82, 2.24) is 9.55 Å². The predicted molar refractivity (Wildman–Crippen MR) is 132 cm³/mol. The molecule has 2 aromatic rings. The average molecular weight is 422 g/mol. The van der Waals surface area contributed by atoms with Gasteiger partial charge in [0.25, 0.3) is 0 Å². The van der Waals surface area contributed by atoms with Crippen LogP contribution in [0.1, 0.15) is 108 Å². The molecule has 2 radical (unpaired) electrons. The molecule has 0 amide bonds. The standard InChI is InChI=1S/C26H39BN2O2/c1-3-5-7-9-14-18-22(19-15-10-8-6-4-2)29-23(20-21-16-12-11-13-17-21)24(27)25(30)28-26(29)31/h11-13,16-17,22H,3-10,14-15,18-20H2,1-2H3,(H,28,30,31). The summed E-state index contributed by atoms with van der Waals surface area (Å²) in [6.07, 6.45) is 14.4. The number of rotatable bonds is 15. The molecule has 1 aromatic carbocycles. The second-order valence-electron chi connectivity index (χ2n) is 8.71. The Morgan fingerprint density at radius 1 is 0.839 bits per heavy atom. The third-order valence-electron chi connectivity index (χ3n) is 6.15. The first kappa shape index (κ1) is 25.2. The largest absolute Gasteiger partial charge is 0.328 e. The third-order valence-corrected chi connectivity index (χ3v) is 6.15. The monoisotopic (exact) mass is 422 g/mol. The van der Waals surface area contributed by atoms with Gasteiger partial charge in [-0.2, -0.15) is 0 Å². The minimum atomic E-state index is -0.475. The van der Waals surface area contributed by atoms with Crippen molar-refractivity contribution in [3.8, 4) is 0 Å². The summed E-state index contributed by atoms with van der Waals surface area (Å²) < 4.78 is 1.81. The topological polar surface area (TPSA) is 54.9 Å². The molecule has 0 fully saturated rings. The van der Waals surface area contributed by atoms with Gasteiger partial charge in [-0.15, -0.1) is 0 Å². The number of nitrogens with zero attached hydrogens (tertiary/aromatic N) is 1. The Morgan fingerprint density at radius 2 is 1.39 bits per heavy atom. The lowest BCUT2D eigenvalue weighted by molar-refractivity contribution is 0.375. The molecular formula is C26H39BN2O2. The molecule has 1 heterocycles. The fourth-order valence-electron chi connectivity index (χ4n) is 4.33. The van der Waals surface area contributed by atoms with Gasteiger partial charge < -0.3 is 0 Å². The number of H-pyrrole nitrogens is 1. The summed E-state index contributed by atoms with van der Waals surface area (Å²) in [6.45, 7) is 4.44. The van der Waals surface area contributed by atoms with Crippen LogP contribution >= 0.6 is 0 Å². The van der Waals surface area contributed by atoms with E-state index < -0.39 is 5.56 Å². The Kier molecular flexibility index (Phi) is 11.5. The van der Waals surface area contributed by atoms with E-state index in [2.05, 4.69) is 18.8 Å². The highest BCUT2D eigenvalue weighted by atomic mass is 16.2. The van der Waals surface area contributed by atoms with E-state index in [-0.39, 0.29) is 17.2 Å². The van der Waals surface area contributed by atoms with Crippen LogP contribution in [0.15, 0.2) is 39.9 Å². The molecule has 0 aliphatic heterocycles. The highest BCUT2D eigenvalue weighted by Crippen LogP contribution is 2.24. The summed E-state index contributed by atoms with van der Waals surface area (Å²) >= 11 is 0. The first-order valence-electron chi connectivity index (χ1n) is 12.3. The Morgan fingerprint density at radius 3 is 1.94 bits per heavy atom. The minimum Gasteiger partial charge on any atom is -0.295 e. The maximum Gasteiger partial charge on any atom is 0.328 e. The zero-order chi connectivity index (χ0) is 22.5. The Labute approximate surface area is 188 Å². The van der Waals surface area contributed by atoms with E-state index in [1.165, 1.54) is 51.4 Å². The minimum absolute atomic E-state index is 0.0774. The van der Waals surface area contributed by atoms with Gasteiger partial charge >= 0.3 is 5.69 Å². The summed E-state index contributed by atoms with van der Waals surface area (Å²) in [7, 11) is 6.22. The van der Waals surface area contributed by atoms with Crippen LogP contribution < -0.4 is 16.7 Å². The van der Waals surface area contributed by atoms with E-state index in [1.54, 1.807) is 0 Å². The fraction of sp³-hybridized carbons (Fsp3) is 0.615. The van der Waals surface area contributed by atoms with Crippen LogP contribution in [-0.4, -0.2) is 17.4 Å². The van der Waals surface area contributed by atoms with Crippen LogP contribution in [0.3, 0.4) is 0 Å². The summed E-state index contributed by atoms with van der Waals surface area (Å²) in [5.74, 6) is 0. The second kappa shape index (κ2) is 14.1. The van der Waals surface area contributed by atoms with Crippen molar-refractivity contribution in [2.45, 2.75) is 103 Å². The summed E-state index contributed by atoms with van der Waals surface area (Å²) in [5.41, 5.74) is 1.09. The van der Waals surface area contributed by atoms with Gasteiger partial charge in [0, 0.05) is 18.2 Å². The average Bonchev–Trinajstić information content (AvgIpc) is 2.77. The highest BCUT2D eigenvalue weighted by Gasteiger charge is 2.19. The Hall–Kier alpha value is -2.04. The number of hydrogen-bond donors (Lipinski definition) is 1. The fourth-order valence-corrected chi connectivity index (χ4v) is 4.33. The first-order valence-corrected chi connectivity index (χ1v) is 12.3. The molecule has 4 nitrogen and oxygen atoms in total. The van der Waals surface area contributed by atoms with Crippen LogP contribution in [0.2, 0.25) is 0 Å². The Bertz CT molecular complexity index is 859. The molecule has 2 rings (SSSR count). The first-order chi connectivity index (χ1) is 15.1. The lowest BCUT2D eigenvalue weighted by Gasteiger charge is -2.25. The number of hydrogen-bond acceptors (Lipinski definition) is 2. The maximum atomic E-state index is 13.0. The van der Waals surface area contributed by atoms with Crippen molar-refractivity contribution in [3.05, 3.63) is 62.4 Å². The summed E-state index contributed by atoms with van der Waals surface area (Å²) in [5, 5.41) is 0. The molecule has 0 atom stereocenters. The van der Waals surface area contributed by atoms with Crippen molar-refractivity contribution < 1.29 is 0 Å². The van der Waals surface area contributed by atoms with Crippen LogP contribution in [0, 0.1) is 0 Å². The van der Waals surface area contributed by atoms with Crippen molar-refractivity contribution in [2.75, 3.05) is 0 Å². The molecule has 31 heavy (non-hydrogen) atoms. The van der Waals surface area contributed by atoms with E-state index in [9.17, 15) is 9.59 Å². The molecule has 168 valence electrons. The number of unbranched alkanes of at least 4 members (excludes halogenated alkanes) is 8. The lowest BCUT2D eigenvalue weighted by Crippen LogP contribution is -2.45. The van der Waals surface area contributed by atoms with Gasteiger partial charge in [-0.3, -0.25) is 14.3 Å². The van der Waals surface area contributed by atoms with Gasteiger partial charge in [0.05, 0.1) is 0 Å². The number of nitrogens with one attached hydrogen (secondary N) is 1. The molecule has 5 heteroatoms. The van der Waals surface area contributed by atoms with E-state index >= 15 is 0 Å². The molecule has 0 aliphatic carbocycles.